The van der Waals surface area contributed by atoms with Crippen LogP contribution in [0.1, 0.15) is 10.4 Å². The molecule has 2 N–H and O–H groups in total. The Balaban J connectivity index is 1.34. The molecule has 10 heteroatoms. The van der Waals surface area contributed by atoms with Gasteiger partial charge >= 0.3 is 11.1 Å². The molecular formula is C23H20N4O5S. The Morgan fingerprint density at radius 2 is 1.42 bits per heavy atom. The van der Waals surface area contributed by atoms with Gasteiger partial charge in [0.15, 0.2) is 0 Å². The number of amides is 1. The van der Waals surface area contributed by atoms with E-state index in [4.69, 9.17) is 0 Å². The highest BCUT2D eigenvalue weighted by Gasteiger charge is 2.30. The topological polar surface area (TPSA) is 123 Å². The fourth-order valence-electron chi connectivity index (χ4n) is 4.04. The molecule has 1 fully saturated rings. The van der Waals surface area contributed by atoms with Crippen LogP contribution in [-0.2, 0) is 10.0 Å². The van der Waals surface area contributed by atoms with Gasteiger partial charge in [-0.15, -0.1) is 0 Å². The van der Waals surface area contributed by atoms with Crippen molar-refractivity contribution < 1.29 is 13.2 Å². The number of aromatic nitrogens is 2. The Labute approximate surface area is 188 Å². The monoisotopic (exact) mass is 464 g/mol. The summed E-state index contributed by atoms with van der Waals surface area (Å²) in [6.45, 7) is 0.842. The van der Waals surface area contributed by atoms with Gasteiger partial charge < -0.3 is 14.9 Å². The molecule has 0 saturated carbocycles. The maximum absolute atomic E-state index is 13.1. The van der Waals surface area contributed by atoms with Crippen molar-refractivity contribution >= 4 is 37.7 Å². The highest BCUT2D eigenvalue weighted by Crippen LogP contribution is 2.22. The first kappa shape index (κ1) is 21.1. The summed E-state index contributed by atoms with van der Waals surface area (Å²) < 4.78 is 27.6. The lowest BCUT2D eigenvalue weighted by Crippen LogP contribution is -2.50. The lowest BCUT2D eigenvalue weighted by molar-refractivity contribution is 0.0698. The Bertz CT molecular complexity index is 1620. The molecule has 1 amide bonds. The lowest BCUT2D eigenvalue weighted by Gasteiger charge is -2.34. The van der Waals surface area contributed by atoms with Crippen molar-refractivity contribution in [2.45, 2.75) is 4.90 Å². The van der Waals surface area contributed by atoms with Crippen LogP contribution in [0.15, 0.2) is 75.1 Å². The fraction of sp³-hybridized carbons (Fsp3) is 0.174. The Kier molecular flexibility index (Phi) is 5.10. The van der Waals surface area contributed by atoms with E-state index in [-0.39, 0.29) is 42.5 Å². The van der Waals surface area contributed by atoms with Crippen LogP contribution in [-0.4, -0.2) is 59.7 Å². The first-order chi connectivity index (χ1) is 15.8. The minimum Gasteiger partial charge on any atom is -0.336 e. The SMILES string of the molecule is O=C(c1ccc2ccccc2c1)N1CCN(S(=O)(=O)c2ccc3[nH]c(=O)c(=O)[nH]c3c2)CC1. The second-order valence-corrected chi connectivity index (χ2v) is 9.81. The van der Waals surface area contributed by atoms with Gasteiger partial charge in [-0.1, -0.05) is 30.3 Å². The molecular weight excluding hydrogens is 444 g/mol. The van der Waals surface area contributed by atoms with Crippen molar-refractivity contribution in [3.8, 4) is 0 Å². The lowest BCUT2D eigenvalue weighted by atomic mass is 10.1. The van der Waals surface area contributed by atoms with Crippen LogP contribution in [0.25, 0.3) is 21.8 Å². The number of H-pyrrole nitrogens is 2. The third-order valence-electron chi connectivity index (χ3n) is 5.85. The summed E-state index contributed by atoms with van der Waals surface area (Å²) in [5.74, 6) is -0.134. The van der Waals surface area contributed by atoms with Gasteiger partial charge in [-0.25, -0.2) is 8.42 Å². The zero-order valence-electron chi connectivity index (χ0n) is 17.4. The second-order valence-electron chi connectivity index (χ2n) is 7.87. The number of aromatic amines is 2. The second kappa shape index (κ2) is 7.98. The van der Waals surface area contributed by atoms with Crippen molar-refractivity contribution in [2.24, 2.45) is 0 Å². The van der Waals surface area contributed by atoms with Gasteiger partial charge in [-0.2, -0.15) is 4.31 Å². The molecule has 1 saturated heterocycles. The summed E-state index contributed by atoms with van der Waals surface area (Å²) >= 11 is 0. The molecule has 0 aliphatic carbocycles. The van der Waals surface area contributed by atoms with Crippen molar-refractivity contribution in [1.82, 2.24) is 19.2 Å². The minimum atomic E-state index is -3.84. The van der Waals surface area contributed by atoms with Gasteiger partial charge in [-0.3, -0.25) is 14.4 Å². The molecule has 0 spiro atoms. The number of rotatable bonds is 3. The summed E-state index contributed by atoms with van der Waals surface area (Å²) in [5, 5.41) is 2.02. The molecule has 9 nitrogen and oxygen atoms in total. The van der Waals surface area contributed by atoms with E-state index in [9.17, 15) is 22.8 Å². The summed E-state index contributed by atoms with van der Waals surface area (Å²) in [6, 6.07) is 17.5. The summed E-state index contributed by atoms with van der Waals surface area (Å²) in [4.78, 5) is 42.5. The standard InChI is InChI=1S/C23H20N4O5S/c28-21-22(29)25-20-14-18(7-8-19(20)24-21)33(31,32)27-11-9-26(10-12-27)23(30)17-6-5-15-3-1-2-4-16(15)13-17/h1-8,13-14H,9-12H2,(H,24,28)(H,25,29). The highest BCUT2D eigenvalue weighted by atomic mass is 32.2. The zero-order valence-corrected chi connectivity index (χ0v) is 18.3. The van der Waals surface area contributed by atoms with Crippen LogP contribution in [0.2, 0.25) is 0 Å². The number of piperazine rings is 1. The van der Waals surface area contributed by atoms with Crippen molar-refractivity contribution in [2.75, 3.05) is 26.2 Å². The van der Waals surface area contributed by atoms with Gasteiger partial charge in [0.05, 0.1) is 15.9 Å². The number of nitrogens with one attached hydrogen (secondary N) is 2. The van der Waals surface area contributed by atoms with Crippen molar-refractivity contribution in [3.63, 3.8) is 0 Å². The van der Waals surface area contributed by atoms with Crippen molar-refractivity contribution in [1.29, 1.82) is 0 Å². The molecule has 1 aliphatic heterocycles. The van der Waals surface area contributed by atoms with E-state index in [1.807, 2.05) is 36.4 Å². The average Bonchev–Trinajstić information content (AvgIpc) is 2.83. The maximum atomic E-state index is 13.1. The number of benzene rings is 3. The van der Waals surface area contributed by atoms with Crippen LogP contribution >= 0.6 is 0 Å². The molecule has 1 aromatic heterocycles. The van der Waals surface area contributed by atoms with Gasteiger partial charge in [-0.05, 0) is 41.1 Å². The van der Waals surface area contributed by atoms with Crippen LogP contribution in [0.4, 0.5) is 0 Å². The van der Waals surface area contributed by atoms with Crippen molar-refractivity contribution in [3.05, 3.63) is 86.9 Å². The summed E-state index contributed by atoms with van der Waals surface area (Å²) in [7, 11) is -3.84. The van der Waals surface area contributed by atoms with E-state index in [1.165, 1.54) is 22.5 Å². The van der Waals surface area contributed by atoms with Gasteiger partial charge in [0.2, 0.25) is 10.0 Å². The largest absolute Gasteiger partial charge is 0.336 e. The minimum absolute atomic E-state index is 0.00649. The molecule has 0 bridgehead atoms. The van der Waals surface area contributed by atoms with E-state index in [0.717, 1.165) is 10.8 Å². The predicted octanol–water partition coefficient (Wildman–Crippen LogP) is 1.52. The third-order valence-corrected chi connectivity index (χ3v) is 7.75. The number of carbonyl (C=O) groups is 1. The Morgan fingerprint density at radius 1 is 0.758 bits per heavy atom. The smallest absolute Gasteiger partial charge is 0.314 e. The molecule has 4 aromatic rings. The molecule has 168 valence electrons. The Hall–Kier alpha value is -3.76. The maximum Gasteiger partial charge on any atom is 0.314 e. The zero-order chi connectivity index (χ0) is 23.2. The van der Waals surface area contributed by atoms with E-state index in [2.05, 4.69) is 9.97 Å². The average molecular weight is 465 g/mol. The summed E-state index contributed by atoms with van der Waals surface area (Å²) in [6.07, 6.45) is 0. The fourth-order valence-corrected chi connectivity index (χ4v) is 5.49. The van der Waals surface area contributed by atoms with Crippen LogP contribution in [0.5, 0.6) is 0 Å². The molecule has 5 rings (SSSR count). The van der Waals surface area contributed by atoms with E-state index in [0.29, 0.717) is 11.1 Å². The quantitative estimate of drug-likeness (QED) is 0.445. The van der Waals surface area contributed by atoms with E-state index >= 15 is 0 Å². The van der Waals surface area contributed by atoms with Crippen LogP contribution < -0.4 is 11.1 Å². The number of sulfonamides is 1. The van der Waals surface area contributed by atoms with Crippen LogP contribution in [0, 0.1) is 0 Å². The number of hydrogen-bond donors (Lipinski definition) is 2. The molecule has 3 aromatic carbocycles. The third kappa shape index (κ3) is 3.83. The molecule has 0 unspecified atom stereocenters. The predicted molar refractivity (Wildman–Crippen MR) is 124 cm³/mol. The number of nitrogens with zero attached hydrogens (tertiary/aromatic N) is 2. The molecule has 33 heavy (non-hydrogen) atoms. The van der Waals surface area contributed by atoms with E-state index < -0.39 is 21.1 Å². The van der Waals surface area contributed by atoms with Crippen LogP contribution in [0.3, 0.4) is 0 Å². The first-order valence-corrected chi connectivity index (χ1v) is 11.8. The van der Waals surface area contributed by atoms with Gasteiger partial charge in [0.1, 0.15) is 0 Å². The summed E-state index contributed by atoms with van der Waals surface area (Å²) in [5.41, 5.74) is -0.518. The molecule has 1 aliphatic rings. The number of hydrogen-bond acceptors (Lipinski definition) is 5. The normalized spacial score (nSPS) is 15.2. The number of carbonyl (C=O) groups excluding carboxylic acids is 1. The Morgan fingerprint density at radius 3 is 2.15 bits per heavy atom. The molecule has 0 radical (unpaired) electrons. The van der Waals surface area contributed by atoms with Gasteiger partial charge in [0, 0.05) is 31.7 Å². The molecule has 2 heterocycles. The van der Waals surface area contributed by atoms with Gasteiger partial charge in [0.25, 0.3) is 5.91 Å². The van der Waals surface area contributed by atoms with E-state index in [1.54, 1.807) is 11.0 Å². The highest BCUT2D eigenvalue weighted by molar-refractivity contribution is 7.89. The first-order valence-electron chi connectivity index (χ1n) is 10.4. The number of fused-ring (bicyclic) bond motifs is 2. The molecule has 0 atom stereocenters.